The van der Waals surface area contributed by atoms with Crippen molar-refractivity contribution in [3.05, 3.63) is 130 Å². The molecule has 0 aliphatic heterocycles. The van der Waals surface area contributed by atoms with E-state index >= 15 is 0 Å². The van der Waals surface area contributed by atoms with Gasteiger partial charge in [-0.05, 0) is 86.1 Å². The highest BCUT2D eigenvalue weighted by molar-refractivity contribution is 7.89. The molecule has 0 spiro atoms. The number of benzene rings is 4. The Labute approximate surface area is 269 Å². The minimum atomic E-state index is -3.49. The molecule has 4 aromatic rings. The van der Waals surface area contributed by atoms with E-state index in [1.165, 1.54) is 22.3 Å². The summed E-state index contributed by atoms with van der Waals surface area (Å²) >= 11 is 0. The van der Waals surface area contributed by atoms with Crippen LogP contribution in [0, 0.1) is 13.8 Å². The molecule has 0 bridgehead atoms. The van der Waals surface area contributed by atoms with Crippen LogP contribution in [-0.4, -0.2) is 29.9 Å². The SMILES string of the molecule is Cc1ccc(S(=O)(=O)NCCCc2cccc(CNCc3cccc(CCCNS(=O)(=O)c4ccc(C)cc4)c3)c2)cc1.Cl. The van der Waals surface area contributed by atoms with Crippen LogP contribution in [0.2, 0.25) is 0 Å². The first-order chi connectivity index (χ1) is 20.6. The zero-order valence-corrected chi connectivity index (χ0v) is 27.7. The zero-order chi connectivity index (χ0) is 30.7. The van der Waals surface area contributed by atoms with Crippen molar-refractivity contribution in [1.29, 1.82) is 0 Å². The van der Waals surface area contributed by atoms with Crippen molar-refractivity contribution in [3.63, 3.8) is 0 Å². The average Bonchev–Trinajstić information content (AvgIpc) is 2.99. The van der Waals surface area contributed by atoms with Gasteiger partial charge in [-0.2, -0.15) is 0 Å². The minimum Gasteiger partial charge on any atom is -0.309 e. The van der Waals surface area contributed by atoms with Crippen LogP contribution in [0.1, 0.15) is 46.2 Å². The summed E-state index contributed by atoms with van der Waals surface area (Å²) in [6, 6.07) is 30.4. The van der Waals surface area contributed by atoms with Crippen molar-refractivity contribution in [2.45, 2.75) is 62.4 Å². The number of aryl methyl sites for hydroxylation is 4. The van der Waals surface area contributed by atoms with E-state index in [2.05, 4.69) is 51.2 Å². The van der Waals surface area contributed by atoms with E-state index in [0.29, 0.717) is 25.9 Å². The van der Waals surface area contributed by atoms with Gasteiger partial charge < -0.3 is 5.32 Å². The maximum absolute atomic E-state index is 12.5. The standard InChI is InChI=1S/C34H41N3O4S2.ClH/c1-27-13-17-33(18-14-27)42(38,39)36-21-5-11-29-7-3-9-31(23-29)25-35-26-32-10-4-8-30(24-32)12-6-22-37-43(40,41)34-19-15-28(2)16-20-34;/h3-4,7-10,13-20,23-24,35-37H,5-6,11-12,21-22,25-26H2,1-2H3;1H. The lowest BCUT2D eigenvalue weighted by molar-refractivity contribution is 0.577. The molecule has 0 unspecified atom stereocenters. The Hall–Kier alpha value is -3.05. The van der Waals surface area contributed by atoms with E-state index < -0.39 is 20.0 Å². The molecule has 0 amide bonds. The van der Waals surface area contributed by atoms with Gasteiger partial charge in [-0.3, -0.25) is 0 Å². The Morgan fingerprint density at radius 3 is 1.27 bits per heavy atom. The highest BCUT2D eigenvalue weighted by Crippen LogP contribution is 2.13. The maximum atomic E-state index is 12.5. The zero-order valence-electron chi connectivity index (χ0n) is 25.3. The summed E-state index contributed by atoms with van der Waals surface area (Å²) in [6.45, 7) is 6.07. The molecular formula is C34H42ClN3O4S2. The Balaban J connectivity index is 0.00000529. The summed E-state index contributed by atoms with van der Waals surface area (Å²) in [5.74, 6) is 0. The Morgan fingerprint density at radius 2 is 0.886 bits per heavy atom. The molecule has 0 aliphatic carbocycles. The Kier molecular flexibility index (Phi) is 13.6. The van der Waals surface area contributed by atoms with Crippen molar-refractivity contribution >= 4 is 32.5 Å². The van der Waals surface area contributed by atoms with Crippen molar-refractivity contribution < 1.29 is 16.8 Å². The third-order valence-electron chi connectivity index (χ3n) is 7.17. The largest absolute Gasteiger partial charge is 0.309 e. The second kappa shape index (κ2) is 16.9. The number of hydrogen-bond acceptors (Lipinski definition) is 5. The van der Waals surface area contributed by atoms with E-state index in [1.807, 2.05) is 26.0 Å². The predicted molar refractivity (Wildman–Crippen MR) is 180 cm³/mol. The molecular weight excluding hydrogens is 614 g/mol. The molecule has 4 aromatic carbocycles. The predicted octanol–water partition coefficient (Wildman–Crippen LogP) is 5.84. The molecule has 0 atom stereocenters. The molecule has 44 heavy (non-hydrogen) atoms. The van der Waals surface area contributed by atoms with E-state index in [0.717, 1.165) is 37.1 Å². The fraction of sp³-hybridized carbons (Fsp3) is 0.294. The van der Waals surface area contributed by atoms with Gasteiger partial charge in [-0.25, -0.2) is 26.3 Å². The molecule has 10 heteroatoms. The smallest absolute Gasteiger partial charge is 0.240 e. The second-order valence-corrected chi connectivity index (χ2v) is 14.4. The Morgan fingerprint density at radius 1 is 0.523 bits per heavy atom. The van der Waals surface area contributed by atoms with Crippen LogP contribution in [0.15, 0.2) is 107 Å². The third-order valence-corrected chi connectivity index (χ3v) is 10.1. The van der Waals surface area contributed by atoms with Gasteiger partial charge in [0.2, 0.25) is 20.0 Å². The lowest BCUT2D eigenvalue weighted by Crippen LogP contribution is -2.25. The molecule has 7 nitrogen and oxygen atoms in total. The summed E-state index contributed by atoms with van der Waals surface area (Å²) in [7, 11) is -6.99. The molecule has 0 aromatic heterocycles. The summed E-state index contributed by atoms with van der Waals surface area (Å²) in [5, 5.41) is 3.51. The van der Waals surface area contributed by atoms with Crippen molar-refractivity contribution in [2.75, 3.05) is 13.1 Å². The van der Waals surface area contributed by atoms with Gasteiger partial charge in [-0.1, -0.05) is 83.9 Å². The van der Waals surface area contributed by atoms with Crippen LogP contribution in [-0.2, 0) is 46.0 Å². The van der Waals surface area contributed by atoms with Crippen LogP contribution in [0.25, 0.3) is 0 Å². The molecule has 0 fully saturated rings. The maximum Gasteiger partial charge on any atom is 0.240 e. The van der Waals surface area contributed by atoms with E-state index in [1.54, 1.807) is 48.5 Å². The molecule has 0 aliphatic rings. The van der Waals surface area contributed by atoms with Gasteiger partial charge in [0.25, 0.3) is 0 Å². The first kappa shape index (κ1) is 35.4. The topological polar surface area (TPSA) is 104 Å². The summed E-state index contributed by atoms with van der Waals surface area (Å²) in [6.07, 6.45) is 2.99. The first-order valence-corrected chi connectivity index (χ1v) is 17.6. The van der Waals surface area contributed by atoms with Gasteiger partial charge in [0, 0.05) is 26.2 Å². The van der Waals surface area contributed by atoms with Crippen LogP contribution >= 0.6 is 12.4 Å². The number of nitrogens with one attached hydrogen (secondary N) is 3. The number of halogens is 1. The van der Waals surface area contributed by atoms with Crippen LogP contribution in [0.3, 0.4) is 0 Å². The van der Waals surface area contributed by atoms with Gasteiger partial charge >= 0.3 is 0 Å². The first-order valence-electron chi connectivity index (χ1n) is 14.6. The fourth-order valence-electron chi connectivity index (χ4n) is 4.74. The molecule has 236 valence electrons. The quantitative estimate of drug-likeness (QED) is 0.132. The molecule has 0 heterocycles. The number of rotatable bonds is 16. The van der Waals surface area contributed by atoms with Gasteiger partial charge in [-0.15, -0.1) is 12.4 Å². The van der Waals surface area contributed by atoms with E-state index in [4.69, 9.17) is 0 Å². The van der Waals surface area contributed by atoms with Gasteiger partial charge in [0.05, 0.1) is 9.79 Å². The third kappa shape index (κ3) is 11.1. The number of sulfonamides is 2. The van der Waals surface area contributed by atoms with E-state index in [9.17, 15) is 16.8 Å². The van der Waals surface area contributed by atoms with Gasteiger partial charge in [0.15, 0.2) is 0 Å². The van der Waals surface area contributed by atoms with Crippen molar-refractivity contribution in [2.24, 2.45) is 0 Å². The summed E-state index contributed by atoms with van der Waals surface area (Å²) in [4.78, 5) is 0.580. The highest BCUT2D eigenvalue weighted by Gasteiger charge is 2.13. The van der Waals surface area contributed by atoms with E-state index in [-0.39, 0.29) is 22.2 Å². The Bertz CT molecular complexity index is 1570. The lowest BCUT2D eigenvalue weighted by atomic mass is 10.1. The highest BCUT2D eigenvalue weighted by atomic mass is 35.5. The molecule has 0 saturated carbocycles. The monoisotopic (exact) mass is 655 g/mol. The van der Waals surface area contributed by atoms with Crippen LogP contribution < -0.4 is 14.8 Å². The lowest BCUT2D eigenvalue weighted by Gasteiger charge is -2.10. The normalized spacial score (nSPS) is 11.7. The minimum absolute atomic E-state index is 0. The molecule has 4 rings (SSSR count). The van der Waals surface area contributed by atoms with Crippen LogP contribution in [0.4, 0.5) is 0 Å². The molecule has 0 radical (unpaired) electrons. The van der Waals surface area contributed by atoms with Crippen LogP contribution in [0.5, 0.6) is 0 Å². The van der Waals surface area contributed by atoms with Crippen molar-refractivity contribution in [1.82, 2.24) is 14.8 Å². The molecule has 3 N–H and O–H groups in total. The summed E-state index contributed by atoms with van der Waals surface area (Å²) in [5.41, 5.74) is 6.75. The average molecular weight is 656 g/mol. The summed E-state index contributed by atoms with van der Waals surface area (Å²) < 4.78 is 55.3. The fourth-order valence-corrected chi connectivity index (χ4v) is 6.89. The number of hydrogen-bond donors (Lipinski definition) is 3. The second-order valence-electron chi connectivity index (χ2n) is 10.9. The van der Waals surface area contributed by atoms with Gasteiger partial charge in [0.1, 0.15) is 0 Å². The molecule has 0 saturated heterocycles. The van der Waals surface area contributed by atoms with Crippen molar-refractivity contribution in [3.8, 4) is 0 Å².